The van der Waals surface area contributed by atoms with E-state index in [9.17, 15) is 0 Å². The van der Waals surface area contributed by atoms with Gasteiger partial charge in [-0.25, -0.2) is 9.97 Å². The Morgan fingerprint density at radius 1 is 0.863 bits per heavy atom. The molecule has 0 saturated heterocycles. The SMILES string of the molecule is C/C=C\C1=C(C)C2C=C(C3=CCC=C=CC(c4ccc5c(c4)c4ccccc4n4c6c(nc54)CCC=C6)=C3)C=CCC2c2nc3ccccc3n21. The van der Waals surface area contributed by atoms with Gasteiger partial charge in [0.1, 0.15) is 11.5 Å². The molecule has 4 heteroatoms. The van der Waals surface area contributed by atoms with E-state index < -0.39 is 0 Å². The topological polar surface area (TPSA) is 35.1 Å². The van der Waals surface area contributed by atoms with Crippen LogP contribution in [0.3, 0.4) is 0 Å². The smallest absolute Gasteiger partial charge is 0.145 e. The maximum Gasteiger partial charge on any atom is 0.145 e. The van der Waals surface area contributed by atoms with E-state index in [4.69, 9.17) is 9.97 Å². The molecule has 3 aliphatic carbocycles. The average molecular weight is 659 g/mol. The van der Waals surface area contributed by atoms with Gasteiger partial charge in [-0.05, 0) is 133 Å². The summed E-state index contributed by atoms with van der Waals surface area (Å²) in [6, 6.07) is 24.2. The Hall–Kier alpha value is -5.96. The van der Waals surface area contributed by atoms with Crippen LogP contribution >= 0.6 is 0 Å². The highest BCUT2D eigenvalue weighted by atomic mass is 15.1. The second kappa shape index (κ2) is 11.8. The lowest BCUT2D eigenvalue weighted by Gasteiger charge is -2.32. The Kier molecular flexibility index (Phi) is 6.94. The highest BCUT2D eigenvalue weighted by molar-refractivity contribution is 6.13. The summed E-state index contributed by atoms with van der Waals surface area (Å²) in [6.45, 7) is 4.41. The predicted molar refractivity (Wildman–Crippen MR) is 212 cm³/mol. The lowest BCUT2D eigenvalue weighted by Crippen LogP contribution is -2.23. The monoisotopic (exact) mass is 658 g/mol. The van der Waals surface area contributed by atoms with Crippen molar-refractivity contribution in [3.05, 3.63) is 173 Å². The van der Waals surface area contributed by atoms with E-state index in [1.54, 1.807) is 0 Å². The van der Waals surface area contributed by atoms with E-state index in [0.717, 1.165) is 48.2 Å². The number of aryl methyl sites for hydroxylation is 1. The third-order valence-corrected chi connectivity index (χ3v) is 11.2. The highest BCUT2D eigenvalue weighted by Crippen LogP contribution is 2.46. The molecule has 4 aliphatic rings. The van der Waals surface area contributed by atoms with Gasteiger partial charge in [-0.15, -0.1) is 5.73 Å². The van der Waals surface area contributed by atoms with E-state index in [2.05, 4.69) is 162 Å². The molecule has 4 heterocycles. The standard InChI is InChI=1S/C47H38N4/c1-3-14-42-30(2)38-28-33(17-13-19-36(38)46-48-40-20-8-11-23-44(40)50(42)46)31-15-5-4-6-16-32(27-31)34-25-26-37-39(29-34)35-18-7-10-22-43(35)51-45-24-12-9-21-41(45)49-47(37)51/h3-4,7-8,10-18,20,22-29,36,38H,5,9,19,21H2,1-2H3/b14-3-,31-15?,32-27?. The largest absolute Gasteiger partial charge is 0.296 e. The Morgan fingerprint density at radius 2 is 1.75 bits per heavy atom. The van der Waals surface area contributed by atoms with Crippen molar-refractivity contribution in [1.82, 2.24) is 18.9 Å². The third kappa shape index (κ3) is 4.67. The first-order valence-electron chi connectivity index (χ1n) is 18.2. The van der Waals surface area contributed by atoms with Crippen molar-refractivity contribution in [3.8, 4) is 0 Å². The summed E-state index contributed by atoms with van der Waals surface area (Å²) in [7, 11) is 0. The molecule has 0 N–H and O–H groups in total. The number of nitrogens with zero attached hydrogens (tertiary/aromatic N) is 4. The summed E-state index contributed by atoms with van der Waals surface area (Å²) >= 11 is 0. The second-order valence-electron chi connectivity index (χ2n) is 14.1. The van der Waals surface area contributed by atoms with Crippen LogP contribution in [0.15, 0.2) is 150 Å². The number of allylic oxidation sites excluding steroid dienone is 14. The van der Waals surface area contributed by atoms with Crippen molar-refractivity contribution >= 4 is 55.7 Å². The summed E-state index contributed by atoms with van der Waals surface area (Å²) in [5.74, 6) is 1.67. The van der Waals surface area contributed by atoms with Gasteiger partial charge >= 0.3 is 0 Å². The molecule has 4 nitrogen and oxygen atoms in total. The van der Waals surface area contributed by atoms with Crippen LogP contribution in [0, 0.1) is 5.92 Å². The van der Waals surface area contributed by atoms with Crippen LogP contribution in [-0.4, -0.2) is 18.9 Å². The van der Waals surface area contributed by atoms with Crippen LogP contribution < -0.4 is 0 Å². The number of rotatable bonds is 3. The number of aromatic nitrogens is 4. The van der Waals surface area contributed by atoms with Gasteiger partial charge in [-0.3, -0.25) is 8.97 Å². The number of para-hydroxylation sites is 3. The van der Waals surface area contributed by atoms with Crippen molar-refractivity contribution in [1.29, 1.82) is 0 Å². The molecule has 3 aromatic carbocycles. The first kappa shape index (κ1) is 29.9. The van der Waals surface area contributed by atoms with E-state index in [1.807, 2.05) is 0 Å². The molecule has 0 amide bonds. The molecule has 3 aromatic heterocycles. The highest BCUT2D eigenvalue weighted by Gasteiger charge is 2.35. The molecule has 0 fully saturated rings. The first-order chi connectivity index (χ1) is 25.2. The van der Waals surface area contributed by atoms with Gasteiger partial charge in [-0.2, -0.15) is 0 Å². The summed E-state index contributed by atoms with van der Waals surface area (Å²) in [4.78, 5) is 10.4. The fourth-order valence-corrected chi connectivity index (χ4v) is 8.75. The minimum Gasteiger partial charge on any atom is -0.296 e. The van der Waals surface area contributed by atoms with Gasteiger partial charge in [0.15, 0.2) is 0 Å². The molecule has 2 atom stereocenters. The molecule has 0 radical (unpaired) electrons. The summed E-state index contributed by atoms with van der Waals surface area (Å²) in [5, 5.41) is 3.65. The van der Waals surface area contributed by atoms with Crippen LogP contribution in [0.25, 0.3) is 55.7 Å². The normalized spacial score (nSPS) is 20.0. The number of fused-ring (bicyclic) bond motifs is 13. The molecule has 246 valence electrons. The molecule has 10 rings (SSSR count). The fraction of sp³-hybridized carbons (Fsp3) is 0.170. The van der Waals surface area contributed by atoms with Crippen LogP contribution in [0.2, 0.25) is 0 Å². The predicted octanol–water partition coefficient (Wildman–Crippen LogP) is 11.5. The van der Waals surface area contributed by atoms with Crippen molar-refractivity contribution in [2.75, 3.05) is 0 Å². The van der Waals surface area contributed by atoms with Gasteiger partial charge in [0.25, 0.3) is 0 Å². The van der Waals surface area contributed by atoms with Crippen molar-refractivity contribution in [2.45, 2.75) is 45.4 Å². The van der Waals surface area contributed by atoms with Crippen molar-refractivity contribution in [3.63, 3.8) is 0 Å². The molecular weight excluding hydrogens is 621 g/mol. The van der Waals surface area contributed by atoms with E-state index in [0.29, 0.717) is 0 Å². The number of benzene rings is 3. The lowest BCUT2D eigenvalue weighted by molar-refractivity contribution is 0.524. The Balaban J connectivity index is 1.10. The maximum absolute atomic E-state index is 5.22. The molecule has 6 aromatic rings. The summed E-state index contributed by atoms with van der Waals surface area (Å²) < 4.78 is 4.76. The lowest BCUT2D eigenvalue weighted by atomic mass is 9.79. The molecule has 51 heavy (non-hydrogen) atoms. The van der Waals surface area contributed by atoms with Gasteiger partial charge in [0.05, 0.1) is 27.9 Å². The Labute approximate surface area is 297 Å². The van der Waals surface area contributed by atoms with Gasteiger partial charge in [-0.1, -0.05) is 72.9 Å². The van der Waals surface area contributed by atoms with Crippen molar-refractivity contribution in [2.24, 2.45) is 5.92 Å². The van der Waals surface area contributed by atoms with Crippen molar-refractivity contribution < 1.29 is 0 Å². The number of hydrogen-bond acceptors (Lipinski definition) is 2. The van der Waals surface area contributed by atoms with E-state index in [-0.39, 0.29) is 11.8 Å². The number of pyridine rings is 1. The number of hydrogen-bond donors (Lipinski definition) is 0. The third-order valence-electron chi connectivity index (χ3n) is 11.2. The zero-order valence-electron chi connectivity index (χ0n) is 29.0. The Bertz CT molecular complexity index is 2760. The van der Waals surface area contributed by atoms with Crippen LogP contribution in [0.1, 0.15) is 61.8 Å². The van der Waals surface area contributed by atoms with Crippen LogP contribution in [0.5, 0.6) is 0 Å². The molecule has 0 bridgehead atoms. The second-order valence-corrected chi connectivity index (χ2v) is 14.1. The average Bonchev–Trinajstić information content (AvgIpc) is 3.65. The molecule has 1 aliphatic heterocycles. The first-order valence-corrected chi connectivity index (χ1v) is 18.2. The van der Waals surface area contributed by atoms with E-state index in [1.165, 1.54) is 66.6 Å². The summed E-state index contributed by atoms with van der Waals surface area (Å²) in [5.41, 5.74) is 17.8. The summed E-state index contributed by atoms with van der Waals surface area (Å²) in [6.07, 6.45) is 28.9. The Morgan fingerprint density at radius 3 is 2.67 bits per heavy atom. The minimum atomic E-state index is 0.240. The maximum atomic E-state index is 5.22. The fourth-order valence-electron chi connectivity index (χ4n) is 8.75. The van der Waals surface area contributed by atoms with Crippen LogP contribution in [-0.2, 0) is 6.42 Å². The quantitative estimate of drug-likeness (QED) is 0.140. The van der Waals surface area contributed by atoms with Crippen LogP contribution in [0.4, 0.5) is 0 Å². The molecule has 2 unspecified atom stereocenters. The van der Waals surface area contributed by atoms with Gasteiger partial charge in [0, 0.05) is 28.3 Å². The van der Waals surface area contributed by atoms with Gasteiger partial charge in [0.2, 0.25) is 0 Å². The van der Waals surface area contributed by atoms with Gasteiger partial charge < -0.3 is 0 Å². The molecular formula is C47H38N4. The molecule has 0 saturated carbocycles. The minimum absolute atomic E-state index is 0.240. The zero-order chi connectivity index (χ0) is 34.1. The zero-order valence-corrected chi connectivity index (χ0v) is 29.0. The van der Waals surface area contributed by atoms with E-state index >= 15 is 0 Å². The molecule has 0 spiro atoms. The number of imidazole rings is 2.